The lowest BCUT2D eigenvalue weighted by molar-refractivity contribution is -0.138. The number of nitrogens with zero attached hydrogens (tertiary/aromatic N) is 1. The predicted molar refractivity (Wildman–Crippen MR) is 57.8 cm³/mol. The van der Waals surface area contributed by atoms with Crippen LogP contribution < -0.4 is 0 Å². The maximum absolute atomic E-state index is 12.5. The Labute approximate surface area is 106 Å². The molecule has 0 unspecified atom stereocenters. The molecule has 0 amide bonds. The number of alkyl halides is 3. The van der Waals surface area contributed by atoms with Gasteiger partial charge >= 0.3 is 12.1 Å². The maximum atomic E-state index is 12.5. The molecule has 1 aromatic heterocycles. The fraction of sp³-hybridized carbons (Fsp3) is 0.273. The average molecular weight is 278 g/mol. The van der Waals surface area contributed by atoms with Gasteiger partial charge in [-0.05, 0) is 13.0 Å². The summed E-state index contributed by atoms with van der Waals surface area (Å²) in [6.07, 6.45) is -3.57. The number of carbonyl (C=O) groups excluding carboxylic acids is 1. The first-order valence-electron chi connectivity index (χ1n) is 4.76. The Morgan fingerprint density at radius 1 is 1.56 bits per heavy atom. The molecule has 0 aromatic carbocycles. The second-order valence-corrected chi connectivity index (χ2v) is 3.39. The third-order valence-electron chi connectivity index (χ3n) is 1.73. The van der Waals surface area contributed by atoms with E-state index in [1.165, 1.54) is 0 Å². The van der Waals surface area contributed by atoms with E-state index < -0.39 is 22.9 Å². The number of hydrogen-bond acceptors (Lipinski definition) is 3. The van der Waals surface area contributed by atoms with E-state index in [9.17, 15) is 18.0 Å². The van der Waals surface area contributed by atoms with Crippen molar-refractivity contribution in [2.45, 2.75) is 13.1 Å². The molecular formula is C11H7ClF3NO2. The fourth-order valence-corrected chi connectivity index (χ4v) is 1.22. The van der Waals surface area contributed by atoms with Gasteiger partial charge in [0.2, 0.25) is 0 Å². The molecular weight excluding hydrogens is 271 g/mol. The van der Waals surface area contributed by atoms with Crippen molar-refractivity contribution < 1.29 is 22.7 Å². The summed E-state index contributed by atoms with van der Waals surface area (Å²) in [5, 5.41) is -0.663. The van der Waals surface area contributed by atoms with Crippen molar-refractivity contribution in [1.82, 2.24) is 4.98 Å². The van der Waals surface area contributed by atoms with E-state index in [0.29, 0.717) is 0 Å². The molecule has 0 N–H and O–H groups in total. The Kier molecular flexibility index (Phi) is 4.56. The second kappa shape index (κ2) is 5.74. The molecule has 1 aromatic rings. The molecule has 0 aliphatic carbocycles. The van der Waals surface area contributed by atoms with E-state index in [4.69, 9.17) is 11.6 Å². The molecule has 3 nitrogen and oxygen atoms in total. The molecule has 0 aliphatic rings. The van der Waals surface area contributed by atoms with Gasteiger partial charge in [0.1, 0.15) is 5.15 Å². The Morgan fingerprint density at radius 3 is 2.78 bits per heavy atom. The van der Waals surface area contributed by atoms with Crippen LogP contribution in [-0.2, 0) is 15.7 Å². The minimum atomic E-state index is -4.62. The summed E-state index contributed by atoms with van der Waals surface area (Å²) in [6, 6.07) is 0.724. The van der Waals surface area contributed by atoms with Crippen LogP contribution in [0.1, 0.15) is 18.1 Å². The molecule has 1 heterocycles. The van der Waals surface area contributed by atoms with E-state index in [2.05, 4.69) is 15.6 Å². The van der Waals surface area contributed by atoms with Crippen LogP contribution in [0.5, 0.6) is 0 Å². The van der Waals surface area contributed by atoms with Crippen molar-refractivity contribution in [2.75, 3.05) is 6.61 Å². The highest BCUT2D eigenvalue weighted by Gasteiger charge is 2.34. The quantitative estimate of drug-likeness (QED) is 0.450. The van der Waals surface area contributed by atoms with Gasteiger partial charge in [0.25, 0.3) is 0 Å². The van der Waals surface area contributed by atoms with Crippen molar-refractivity contribution in [3.8, 4) is 11.8 Å². The van der Waals surface area contributed by atoms with E-state index in [-0.39, 0.29) is 12.2 Å². The first kappa shape index (κ1) is 14.3. The van der Waals surface area contributed by atoms with Gasteiger partial charge in [0.05, 0.1) is 12.2 Å². The highest BCUT2D eigenvalue weighted by Crippen LogP contribution is 2.33. The standard InChI is InChI=1S/C11H7ClF3NO2/c1-2-18-9(17)4-3-7-5-8(11(13,14)15)10(12)16-6-7/h5-6H,2H2,1H3. The number of carbonyl (C=O) groups is 1. The summed E-state index contributed by atoms with van der Waals surface area (Å²) in [6.45, 7) is 1.73. The van der Waals surface area contributed by atoms with Crippen LogP contribution in [0.25, 0.3) is 0 Å². The number of halogens is 4. The molecule has 0 atom stereocenters. The SMILES string of the molecule is CCOC(=O)C#Cc1cnc(Cl)c(C(F)(F)F)c1. The molecule has 0 fully saturated rings. The summed E-state index contributed by atoms with van der Waals surface area (Å²) in [4.78, 5) is 14.3. The lowest BCUT2D eigenvalue weighted by Crippen LogP contribution is -2.07. The fourth-order valence-electron chi connectivity index (χ4n) is 1.01. The van der Waals surface area contributed by atoms with Gasteiger partial charge in [0.15, 0.2) is 0 Å². The lowest BCUT2D eigenvalue weighted by atomic mass is 10.2. The molecule has 96 valence electrons. The van der Waals surface area contributed by atoms with Gasteiger partial charge in [-0.1, -0.05) is 17.5 Å². The highest BCUT2D eigenvalue weighted by molar-refractivity contribution is 6.30. The molecule has 0 radical (unpaired) electrons. The van der Waals surface area contributed by atoms with Crippen LogP contribution in [0.3, 0.4) is 0 Å². The Bertz CT molecular complexity index is 517. The molecule has 7 heteroatoms. The normalized spacial score (nSPS) is 10.5. The van der Waals surface area contributed by atoms with Crippen molar-refractivity contribution in [3.63, 3.8) is 0 Å². The maximum Gasteiger partial charge on any atom is 0.419 e. The van der Waals surface area contributed by atoms with Crippen LogP contribution in [-0.4, -0.2) is 17.6 Å². The summed E-state index contributed by atoms with van der Waals surface area (Å²) in [5.41, 5.74) is -1.17. The zero-order valence-corrected chi connectivity index (χ0v) is 9.89. The molecule has 0 aliphatic heterocycles. The van der Waals surface area contributed by atoms with Crippen LogP contribution >= 0.6 is 11.6 Å². The van der Waals surface area contributed by atoms with Gasteiger partial charge in [-0.15, -0.1) is 0 Å². The summed E-state index contributed by atoms with van der Waals surface area (Å²) in [7, 11) is 0. The Morgan fingerprint density at radius 2 is 2.22 bits per heavy atom. The van der Waals surface area contributed by atoms with Crippen LogP contribution in [0.2, 0.25) is 5.15 Å². The van der Waals surface area contributed by atoms with Crippen molar-refractivity contribution in [3.05, 3.63) is 28.5 Å². The molecule has 1 rings (SSSR count). The van der Waals surface area contributed by atoms with E-state index in [0.717, 1.165) is 12.3 Å². The Hall–Kier alpha value is -1.74. The first-order valence-corrected chi connectivity index (χ1v) is 5.14. The van der Waals surface area contributed by atoms with Gasteiger partial charge in [-0.2, -0.15) is 13.2 Å². The topological polar surface area (TPSA) is 39.2 Å². The summed E-state index contributed by atoms with van der Waals surface area (Å²) < 4.78 is 42.0. The Balaban J connectivity index is 3.03. The summed E-state index contributed by atoms with van der Waals surface area (Å²) >= 11 is 5.32. The third kappa shape index (κ3) is 3.93. The van der Waals surface area contributed by atoms with Crippen molar-refractivity contribution >= 4 is 17.6 Å². The predicted octanol–water partition coefficient (Wildman–Crippen LogP) is 2.67. The van der Waals surface area contributed by atoms with Gasteiger partial charge in [-0.3, -0.25) is 0 Å². The average Bonchev–Trinajstić information content (AvgIpc) is 2.27. The zero-order chi connectivity index (χ0) is 13.8. The number of rotatable bonds is 1. The van der Waals surface area contributed by atoms with Crippen molar-refractivity contribution in [1.29, 1.82) is 0 Å². The minimum Gasteiger partial charge on any atom is -0.456 e. The smallest absolute Gasteiger partial charge is 0.419 e. The number of aromatic nitrogens is 1. The molecule has 18 heavy (non-hydrogen) atoms. The third-order valence-corrected chi connectivity index (χ3v) is 2.03. The highest BCUT2D eigenvalue weighted by atomic mass is 35.5. The molecule has 0 spiro atoms. The molecule has 0 saturated heterocycles. The first-order chi connectivity index (χ1) is 8.34. The summed E-state index contributed by atoms with van der Waals surface area (Å²) in [5.74, 6) is 3.44. The number of esters is 1. The molecule has 0 saturated carbocycles. The largest absolute Gasteiger partial charge is 0.456 e. The van der Waals surface area contributed by atoms with Gasteiger partial charge in [0, 0.05) is 17.7 Å². The van der Waals surface area contributed by atoms with E-state index in [1.54, 1.807) is 6.92 Å². The molecule has 0 bridgehead atoms. The van der Waals surface area contributed by atoms with Crippen LogP contribution in [0.15, 0.2) is 12.3 Å². The van der Waals surface area contributed by atoms with E-state index in [1.807, 2.05) is 5.92 Å². The van der Waals surface area contributed by atoms with Crippen LogP contribution in [0.4, 0.5) is 13.2 Å². The zero-order valence-electron chi connectivity index (χ0n) is 9.14. The minimum absolute atomic E-state index is 0.0696. The van der Waals surface area contributed by atoms with Crippen molar-refractivity contribution in [2.24, 2.45) is 0 Å². The van der Waals surface area contributed by atoms with Crippen LogP contribution in [0, 0.1) is 11.8 Å². The second-order valence-electron chi connectivity index (χ2n) is 3.03. The number of ether oxygens (including phenoxy) is 1. The number of pyridine rings is 1. The monoisotopic (exact) mass is 277 g/mol. The number of hydrogen-bond donors (Lipinski definition) is 0. The van der Waals surface area contributed by atoms with Gasteiger partial charge < -0.3 is 4.74 Å². The lowest BCUT2D eigenvalue weighted by Gasteiger charge is -2.07. The van der Waals surface area contributed by atoms with Gasteiger partial charge in [-0.25, -0.2) is 9.78 Å². The van der Waals surface area contributed by atoms with E-state index >= 15 is 0 Å².